The Bertz CT molecular complexity index is 936. The molecule has 0 bridgehead atoms. The van der Waals surface area contributed by atoms with Crippen LogP contribution in [0.2, 0.25) is 0 Å². The molecule has 0 aliphatic heterocycles. The van der Waals surface area contributed by atoms with Crippen molar-refractivity contribution in [3.8, 4) is 11.5 Å². The molecule has 2 atom stereocenters. The van der Waals surface area contributed by atoms with E-state index >= 15 is 0 Å². The topological polar surface area (TPSA) is 112 Å². The number of aliphatic hydroxyl groups excluding tert-OH is 2. The van der Waals surface area contributed by atoms with Gasteiger partial charge in [-0.2, -0.15) is 0 Å². The van der Waals surface area contributed by atoms with E-state index in [0.29, 0.717) is 11.5 Å². The van der Waals surface area contributed by atoms with Crippen molar-refractivity contribution in [2.75, 3.05) is 26.4 Å². The second-order valence-electron chi connectivity index (χ2n) is 8.73. The highest BCUT2D eigenvalue weighted by Gasteiger charge is 2.28. The van der Waals surface area contributed by atoms with Crippen molar-refractivity contribution in [2.24, 2.45) is 0 Å². The van der Waals surface area contributed by atoms with E-state index in [0.717, 1.165) is 36.1 Å². The molecule has 8 nitrogen and oxygen atoms in total. The molecule has 0 aliphatic carbocycles. The first-order chi connectivity index (χ1) is 17.7. The molecular weight excluding hydrogens is 476 g/mol. The zero-order valence-electron chi connectivity index (χ0n) is 21.4. The lowest BCUT2D eigenvalue weighted by Crippen LogP contribution is -2.25. The van der Waals surface area contributed by atoms with Crippen LogP contribution >= 0.6 is 0 Å². The summed E-state index contributed by atoms with van der Waals surface area (Å²) in [6.45, 7) is 10.6. The highest BCUT2D eigenvalue weighted by Crippen LogP contribution is 2.37. The largest absolute Gasteiger partial charge is 0.491 e. The molecule has 8 heteroatoms. The van der Waals surface area contributed by atoms with Gasteiger partial charge in [-0.15, -0.1) is 0 Å². The minimum absolute atomic E-state index is 0.0111. The molecule has 0 amide bonds. The fourth-order valence-corrected chi connectivity index (χ4v) is 3.75. The van der Waals surface area contributed by atoms with Gasteiger partial charge in [0.05, 0.1) is 0 Å². The van der Waals surface area contributed by atoms with Crippen LogP contribution in [0.1, 0.15) is 37.8 Å². The average molecular weight is 513 g/mol. The second kappa shape index (κ2) is 14.8. The summed E-state index contributed by atoms with van der Waals surface area (Å²) < 4.78 is 20.9. The Kier molecular flexibility index (Phi) is 11.9. The predicted molar refractivity (Wildman–Crippen MR) is 140 cm³/mol. The van der Waals surface area contributed by atoms with E-state index in [-0.39, 0.29) is 31.8 Å². The number of ether oxygens (including phenoxy) is 4. The first kappa shape index (κ1) is 29.6. The number of aliphatic hydroxyl groups is 2. The maximum absolute atomic E-state index is 11.1. The molecule has 2 unspecified atom stereocenters. The van der Waals surface area contributed by atoms with Gasteiger partial charge in [-0.3, -0.25) is 0 Å². The zero-order valence-corrected chi connectivity index (χ0v) is 21.4. The smallest absolute Gasteiger partial charge is 0.330 e. The molecule has 0 saturated carbocycles. The lowest BCUT2D eigenvalue weighted by molar-refractivity contribution is -0.142. The van der Waals surface area contributed by atoms with Gasteiger partial charge in [0.25, 0.3) is 0 Å². The van der Waals surface area contributed by atoms with Crippen molar-refractivity contribution in [1.82, 2.24) is 0 Å². The van der Waals surface area contributed by atoms with Crippen molar-refractivity contribution in [3.05, 3.63) is 85.0 Å². The number of carbonyl (C=O) groups is 2. The molecular formula is C29H36O8. The van der Waals surface area contributed by atoms with Crippen LogP contribution in [0, 0.1) is 0 Å². The Morgan fingerprint density at radius 1 is 0.784 bits per heavy atom. The van der Waals surface area contributed by atoms with E-state index in [2.05, 4.69) is 27.0 Å². The molecule has 37 heavy (non-hydrogen) atoms. The van der Waals surface area contributed by atoms with E-state index in [1.807, 2.05) is 48.5 Å². The van der Waals surface area contributed by atoms with Crippen LogP contribution in [0.25, 0.3) is 0 Å². The minimum Gasteiger partial charge on any atom is -0.491 e. The molecule has 0 radical (unpaired) electrons. The quantitative estimate of drug-likeness (QED) is 0.259. The summed E-state index contributed by atoms with van der Waals surface area (Å²) in [6.07, 6.45) is 2.07. The molecule has 0 aromatic heterocycles. The molecule has 200 valence electrons. The number of esters is 2. The normalized spacial score (nSPS) is 13.9. The van der Waals surface area contributed by atoms with Crippen LogP contribution < -0.4 is 9.47 Å². The van der Waals surface area contributed by atoms with Gasteiger partial charge in [0, 0.05) is 17.6 Å². The van der Waals surface area contributed by atoms with Crippen molar-refractivity contribution >= 4 is 11.9 Å². The van der Waals surface area contributed by atoms with Gasteiger partial charge in [-0.05, 0) is 41.8 Å². The number of carbonyl (C=O) groups excluding carboxylic acids is 2. The zero-order chi connectivity index (χ0) is 27.3. The number of hydrogen-bond acceptors (Lipinski definition) is 8. The Labute approximate surface area is 218 Å². The summed E-state index contributed by atoms with van der Waals surface area (Å²) in [7, 11) is 0. The summed E-state index contributed by atoms with van der Waals surface area (Å²) in [5.74, 6) is 0.000210. The standard InChI is InChI=1S/C29H36O8/c1-5-16-29(4,21-8-12-25(13-9-21)34-17-23(30)19-36-27(32)6-2)22-10-14-26(15-11-22)35-18-24(31)20-37-28(33)7-3/h6-15,23-24,30-31H,2-3,5,16-20H2,1,4H3. The first-order valence-corrected chi connectivity index (χ1v) is 12.1. The lowest BCUT2D eigenvalue weighted by Gasteiger charge is -2.31. The Morgan fingerprint density at radius 2 is 1.16 bits per heavy atom. The van der Waals surface area contributed by atoms with E-state index in [4.69, 9.17) is 18.9 Å². The fraction of sp³-hybridized carbons (Fsp3) is 0.379. The van der Waals surface area contributed by atoms with E-state index in [1.54, 1.807) is 0 Å². The summed E-state index contributed by atoms with van der Waals surface area (Å²) in [5.41, 5.74) is 1.95. The summed E-state index contributed by atoms with van der Waals surface area (Å²) in [6, 6.07) is 15.4. The average Bonchev–Trinajstić information content (AvgIpc) is 2.92. The third kappa shape index (κ3) is 9.40. The Hall–Kier alpha value is -3.62. The summed E-state index contributed by atoms with van der Waals surface area (Å²) in [5, 5.41) is 19.8. The van der Waals surface area contributed by atoms with Crippen molar-refractivity contribution in [3.63, 3.8) is 0 Å². The van der Waals surface area contributed by atoms with Gasteiger partial charge in [-0.25, -0.2) is 9.59 Å². The van der Waals surface area contributed by atoms with Crippen molar-refractivity contribution in [1.29, 1.82) is 0 Å². The minimum atomic E-state index is -0.946. The van der Waals surface area contributed by atoms with Crippen molar-refractivity contribution < 1.29 is 38.7 Å². The fourth-order valence-electron chi connectivity index (χ4n) is 3.75. The first-order valence-electron chi connectivity index (χ1n) is 12.1. The summed E-state index contributed by atoms with van der Waals surface area (Å²) in [4.78, 5) is 22.2. The maximum Gasteiger partial charge on any atom is 0.330 e. The number of rotatable bonds is 16. The molecule has 2 rings (SSSR count). The van der Waals surface area contributed by atoms with E-state index in [9.17, 15) is 19.8 Å². The molecule has 0 spiro atoms. The van der Waals surface area contributed by atoms with Gasteiger partial charge in [0.15, 0.2) is 0 Å². The Balaban J connectivity index is 2.00. The molecule has 0 saturated heterocycles. The van der Waals surface area contributed by atoms with Gasteiger partial charge < -0.3 is 29.2 Å². The molecule has 2 N–H and O–H groups in total. The van der Waals surface area contributed by atoms with Crippen LogP contribution in [0.5, 0.6) is 11.5 Å². The maximum atomic E-state index is 11.1. The van der Waals surface area contributed by atoms with Crippen LogP contribution in [0.15, 0.2) is 73.8 Å². The van der Waals surface area contributed by atoms with Gasteiger partial charge in [0.1, 0.15) is 50.1 Å². The molecule has 0 fully saturated rings. The molecule has 0 heterocycles. The molecule has 0 aliphatic rings. The van der Waals surface area contributed by atoms with Gasteiger partial charge in [-0.1, -0.05) is 57.7 Å². The predicted octanol–water partition coefficient (Wildman–Crippen LogP) is 3.73. The number of benzene rings is 2. The number of hydrogen-bond donors (Lipinski definition) is 2. The van der Waals surface area contributed by atoms with Crippen LogP contribution in [-0.4, -0.2) is 60.8 Å². The van der Waals surface area contributed by atoms with Crippen LogP contribution in [-0.2, 0) is 24.5 Å². The highest BCUT2D eigenvalue weighted by atomic mass is 16.6. The Morgan fingerprint density at radius 3 is 1.49 bits per heavy atom. The second-order valence-corrected chi connectivity index (χ2v) is 8.73. The molecule has 2 aromatic rings. The van der Waals surface area contributed by atoms with Gasteiger partial charge >= 0.3 is 11.9 Å². The van der Waals surface area contributed by atoms with Crippen molar-refractivity contribution in [2.45, 2.75) is 44.3 Å². The van der Waals surface area contributed by atoms with E-state index < -0.39 is 24.1 Å². The monoisotopic (exact) mass is 512 g/mol. The molecule has 2 aromatic carbocycles. The summed E-state index contributed by atoms with van der Waals surface area (Å²) >= 11 is 0. The third-order valence-electron chi connectivity index (χ3n) is 5.79. The van der Waals surface area contributed by atoms with Crippen LogP contribution in [0.3, 0.4) is 0 Å². The SMILES string of the molecule is C=CC(=O)OCC(O)COc1ccc(C(C)(CCC)c2ccc(OCC(O)COC(=O)C=C)cc2)cc1. The van der Waals surface area contributed by atoms with Crippen LogP contribution in [0.4, 0.5) is 0 Å². The van der Waals surface area contributed by atoms with Gasteiger partial charge in [0.2, 0.25) is 0 Å². The highest BCUT2D eigenvalue weighted by molar-refractivity contribution is 5.81. The third-order valence-corrected chi connectivity index (χ3v) is 5.79. The van der Waals surface area contributed by atoms with E-state index in [1.165, 1.54) is 0 Å². The lowest BCUT2D eigenvalue weighted by atomic mass is 9.73.